The Morgan fingerprint density at radius 1 is 0.978 bits per heavy atom. The molecule has 4 heterocycles. The van der Waals surface area contributed by atoms with E-state index in [0.717, 1.165) is 29.9 Å². The summed E-state index contributed by atoms with van der Waals surface area (Å²) < 4.78 is 21.2. The van der Waals surface area contributed by atoms with Crippen LogP contribution in [0.5, 0.6) is 0 Å². The molecule has 0 radical (unpaired) electrons. The van der Waals surface area contributed by atoms with E-state index < -0.39 is 17.9 Å². The molecule has 3 fully saturated rings. The highest BCUT2D eigenvalue weighted by Crippen LogP contribution is 2.36. The van der Waals surface area contributed by atoms with Crippen LogP contribution in [0, 0.1) is 5.82 Å². The van der Waals surface area contributed by atoms with Gasteiger partial charge in [-0.3, -0.25) is 14.3 Å². The minimum atomic E-state index is -0.769. The van der Waals surface area contributed by atoms with Crippen LogP contribution < -0.4 is 20.9 Å². The molecule has 11 nitrogen and oxygen atoms in total. The monoisotopic (exact) mass is 645 g/mol. The maximum atomic E-state index is 14.4. The van der Waals surface area contributed by atoms with Gasteiger partial charge < -0.3 is 20.7 Å². The number of ether oxygens (including phenoxy) is 1. The highest BCUT2D eigenvalue weighted by molar-refractivity contribution is 6.30. The van der Waals surface area contributed by atoms with E-state index in [9.17, 15) is 18.8 Å². The molecule has 3 aromatic carbocycles. The van der Waals surface area contributed by atoms with Crippen molar-refractivity contribution >= 4 is 51.8 Å². The van der Waals surface area contributed by atoms with Crippen molar-refractivity contribution in [2.45, 2.75) is 19.0 Å². The first-order chi connectivity index (χ1) is 22.3. The van der Waals surface area contributed by atoms with Crippen molar-refractivity contribution in [3.63, 3.8) is 0 Å². The molecule has 3 aliphatic heterocycles. The molecule has 4 amide bonds. The number of hydrazine groups is 1. The first-order valence-electron chi connectivity index (χ1n) is 15.2. The Balaban J connectivity index is 1.13. The third kappa shape index (κ3) is 5.42. The molecular weight excluding hydrogens is 613 g/mol. The van der Waals surface area contributed by atoms with Crippen LogP contribution in [0.15, 0.2) is 66.9 Å². The van der Waals surface area contributed by atoms with Gasteiger partial charge in [-0.1, -0.05) is 48.0 Å². The number of aromatic nitrogens is 1. The van der Waals surface area contributed by atoms with Crippen molar-refractivity contribution < 1.29 is 23.5 Å². The molecule has 7 rings (SSSR count). The third-order valence-electron chi connectivity index (χ3n) is 8.95. The number of primary amides is 1. The van der Waals surface area contributed by atoms with Crippen molar-refractivity contribution in [2.75, 3.05) is 55.7 Å². The number of anilines is 2. The number of carbonyl (C=O) groups excluding carboxylic acids is 3. The summed E-state index contributed by atoms with van der Waals surface area (Å²) in [6.07, 6.45) is 2.01. The molecule has 238 valence electrons. The van der Waals surface area contributed by atoms with Crippen LogP contribution in [-0.4, -0.2) is 84.5 Å². The Morgan fingerprint density at radius 3 is 2.50 bits per heavy atom. The van der Waals surface area contributed by atoms with Gasteiger partial charge in [0.05, 0.1) is 29.4 Å². The smallest absolute Gasteiger partial charge is 0.339 e. The number of nitrogens with zero attached hydrogens (tertiary/aromatic N) is 5. The summed E-state index contributed by atoms with van der Waals surface area (Å²) in [5.74, 6) is -0.974. The number of morpholine rings is 1. The first kappa shape index (κ1) is 30.0. The van der Waals surface area contributed by atoms with E-state index in [1.165, 1.54) is 15.6 Å². The quantitative estimate of drug-likeness (QED) is 0.321. The molecule has 0 saturated carbocycles. The maximum absolute atomic E-state index is 14.4. The van der Waals surface area contributed by atoms with Crippen LogP contribution in [-0.2, 0) is 16.1 Å². The van der Waals surface area contributed by atoms with Gasteiger partial charge >= 0.3 is 12.1 Å². The Hall–Kier alpha value is -4.65. The normalized spacial score (nSPS) is 18.7. The summed E-state index contributed by atoms with van der Waals surface area (Å²) in [6, 6.07) is 16.8. The second kappa shape index (κ2) is 12.3. The van der Waals surface area contributed by atoms with Crippen LogP contribution in [0.2, 0.25) is 5.02 Å². The number of hydrogen-bond acceptors (Lipinski definition) is 6. The number of hydrogen-bond donors (Lipinski definition) is 2. The molecule has 46 heavy (non-hydrogen) atoms. The molecule has 3 N–H and O–H groups in total. The van der Waals surface area contributed by atoms with Crippen LogP contribution >= 0.6 is 11.6 Å². The highest BCUT2D eigenvalue weighted by atomic mass is 35.5. The van der Waals surface area contributed by atoms with Crippen LogP contribution in [0.4, 0.5) is 25.4 Å². The zero-order valence-electron chi connectivity index (χ0n) is 25.0. The second-order valence-corrected chi connectivity index (χ2v) is 12.0. The molecule has 1 aromatic heterocycles. The number of benzene rings is 3. The molecule has 1 atom stereocenters. The Bertz CT molecular complexity index is 1820. The highest BCUT2D eigenvalue weighted by Gasteiger charge is 2.45. The number of amides is 4. The number of nitrogens with two attached hydrogens (primary N) is 1. The predicted octanol–water partition coefficient (Wildman–Crippen LogP) is 4.41. The van der Waals surface area contributed by atoms with Gasteiger partial charge in [0.15, 0.2) is 0 Å². The largest absolute Gasteiger partial charge is 0.378 e. The molecule has 0 bridgehead atoms. The Labute approximate surface area is 269 Å². The Kier molecular flexibility index (Phi) is 8.01. The zero-order valence-corrected chi connectivity index (χ0v) is 25.8. The lowest BCUT2D eigenvalue weighted by molar-refractivity contribution is -0.127. The van der Waals surface area contributed by atoms with Crippen molar-refractivity contribution in [3.05, 3.63) is 83.3 Å². The van der Waals surface area contributed by atoms with E-state index >= 15 is 0 Å². The first-order valence-corrected chi connectivity index (χ1v) is 15.6. The number of halogens is 2. The molecular formula is C33H33ClFN7O4. The molecule has 3 aliphatic rings. The number of nitrogens with one attached hydrogen (secondary N) is 1. The van der Waals surface area contributed by atoms with E-state index in [4.69, 9.17) is 22.1 Å². The molecule has 3 saturated heterocycles. The van der Waals surface area contributed by atoms with Crippen molar-refractivity contribution in [1.29, 1.82) is 0 Å². The lowest BCUT2D eigenvalue weighted by Gasteiger charge is -2.41. The second-order valence-electron chi connectivity index (χ2n) is 11.6. The lowest BCUT2D eigenvalue weighted by Crippen LogP contribution is -2.61. The molecule has 13 heteroatoms. The molecule has 0 aliphatic carbocycles. The number of rotatable bonds is 6. The Morgan fingerprint density at radius 2 is 1.74 bits per heavy atom. The van der Waals surface area contributed by atoms with Crippen molar-refractivity contribution in [1.82, 2.24) is 19.9 Å². The van der Waals surface area contributed by atoms with Crippen LogP contribution in [0.3, 0.4) is 0 Å². The number of carbonyl (C=O) groups is 3. The summed E-state index contributed by atoms with van der Waals surface area (Å²) in [5, 5.41) is 6.74. The average Bonchev–Trinajstić information content (AvgIpc) is 3.69. The summed E-state index contributed by atoms with van der Waals surface area (Å²) in [5.41, 5.74) is 10.2. The summed E-state index contributed by atoms with van der Waals surface area (Å²) in [4.78, 5) is 43.7. The van der Waals surface area contributed by atoms with Crippen molar-refractivity contribution in [3.8, 4) is 11.1 Å². The van der Waals surface area contributed by atoms with Gasteiger partial charge in [0.1, 0.15) is 11.9 Å². The summed E-state index contributed by atoms with van der Waals surface area (Å²) in [6.45, 7) is 4.43. The van der Waals surface area contributed by atoms with Gasteiger partial charge in [-0.2, -0.15) is 0 Å². The third-order valence-corrected chi connectivity index (χ3v) is 9.24. The minimum Gasteiger partial charge on any atom is -0.378 e. The van der Waals surface area contributed by atoms with E-state index in [2.05, 4.69) is 22.3 Å². The fourth-order valence-corrected chi connectivity index (χ4v) is 6.72. The molecule has 4 aromatic rings. The number of urea groups is 1. The predicted molar refractivity (Wildman–Crippen MR) is 173 cm³/mol. The standard InChI is InChI=1S/C33H33ClFN7O4/c34-26-3-1-2-23(30(26)35)19-37-31(43)27-10-11-39-12-13-40(33(45)42(27)39)29-20-41(32(36)44)28-18-22(6-9-25(28)29)21-4-7-24(8-5-21)38-14-16-46-17-15-38/h1-9,18,20,27H,10-17,19H2,(H2,36,44)(H,37,43). The van der Waals surface area contributed by atoms with Gasteiger partial charge in [-0.25, -0.2) is 24.0 Å². The van der Waals surface area contributed by atoms with E-state index in [-0.39, 0.29) is 29.1 Å². The summed E-state index contributed by atoms with van der Waals surface area (Å²) in [7, 11) is 0. The van der Waals surface area contributed by atoms with E-state index in [1.807, 2.05) is 35.3 Å². The van der Waals surface area contributed by atoms with Gasteiger partial charge in [-0.05, 0) is 41.8 Å². The molecule has 0 spiro atoms. The van der Waals surface area contributed by atoms with Crippen LogP contribution in [0.1, 0.15) is 12.0 Å². The lowest BCUT2D eigenvalue weighted by atomic mass is 10.0. The molecule has 1 unspecified atom stereocenters. The summed E-state index contributed by atoms with van der Waals surface area (Å²) >= 11 is 5.89. The average molecular weight is 646 g/mol. The zero-order chi connectivity index (χ0) is 31.9. The fourth-order valence-electron chi connectivity index (χ4n) is 6.53. The van der Waals surface area contributed by atoms with Crippen LogP contribution in [0.25, 0.3) is 22.0 Å². The topological polar surface area (TPSA) is 116 Å². The minimum absolute atomic E-state index is 0.0235. The maximum Gasteiger partial charge on any atom is 0.339 e. The number of fused-ring (bicyclic) bond motifs is 2. The SMILES string of the molecule is NC(=O)n1cc(N2CCN3CCC(C(=O)NCc4cccc(Cl)c4F)N3C2=O)c2ccc(-c3ccc(N4CCOCC4)cc3)cc21. The van der Waals surface area contributed by atoms with E-state index in [1.54, 1.807) is 23.2 Å². The van der Waals surface area contributed by atoms with Gasteiger partial charge in [0, 0.05) is 62.1 Å². The fraction of sp³-hybridized carbons (Fsp3) is 0.303. The van der Waals surface area contributed by atoms with Gasteiger partial charge in [0.2, 0.25) is 5.91 Å². The van der Waals surface area contributed by atoms with E-state index in [0.29, 0.717) is 55.9 Å². The van der Waals surface area contributed by atoms with Crippen molar-refractivity contribution in [2.24, 2.45) is 5.73 Å². The van der Waals surface area contributed by atoms with Gasteiger partial charge in [-0.15, -0.1) is 0 Å². The van der Waals surface area contributed by atoms with Gasteiger partial charge in [0.25, 0.3) is 0 Å².